The zero-order valence-electron chi connectivity index (χ0n) is 11.6. The predicted molar refractivity (Wildman–Crippen MR) is 82.3 cm³/mol. The molecule has 4 nitrogen and oxygen atoms in total. The number of aliphatic hydroxyl groups excluding tert-OH is 1. The Hall–Kier alpha value is -0.970. The first-order chi connectivity index (χ1) is 9.45. The molecule has 0 radical (unpaired) electrons. The molecule has 112 valence electrons. The van der Waals surface area contributed by atoms with Gasteiger partial charge in [0.1, 0.15) is 0 Å². The van der Waals surface area contributed by atoms with Gasteiger partial charge in [0, 0.05) is 12.6 Å². The van der Waals surface area contributed by atoms with Crippen LogP contribution in [0, 0.1) is 0 Å². The molecule has 20 heavy (non-hydrogen) atoms. The van der Waals surface area contributed by atoms with E-state index in [9.17, 15) is 4.79 Å². The number of carbonyl (C=O) groups is 1. The van der Waals surface area contributed by atoms with Crippen LogP contribution in [0.25, 0.3) is 0 Å². The van der Waals surface area contributed by atoms with E-state index in [0.29, 0.717) is 16.5 Å². The minimum Gasteiger partial charge on any atom is -0.396 e. The summed E-state index contributed by atoms with van der Waals surface area (Å²) in [7, 11) is 0. The summed E-state index contributed by atoms with van der Waals surface area (Å²) in [4.78, 5) is 11.8. The van der Waals surface area contributed by atoms with Crippen LogP contribution >= 0.6 is 23.2 Å². The van der Waals surface area contributed by atoms with Crippen molar-refractivity contribution in [3.8, 4) is 0 Å². The third kappa shape index (κ3) is 5.19. The third-order valence-corrected chi connectivity index (χ3v) is 3.80. The lowest BCUT2D eigenvalue weighted by Crippen LogP contribution is -2.41. The first-order valence-electron chi connectivity index (χ1n) is 6.57. The number of hydrogen-bond donors (Lipinski definition) is 3. The van der Waals surface area contributed by atoms with Gasteiger partial charge in [-0.2, -0.15) is 0 Å². The Labute approximate surface area is 129 Å². The van der Waals surface area contributed by atoms with Gasteiger partial charge in [-0.05, 0) is 38.3 Å². The molecular formula is C14H20Cl2N2O2. The molecule has 0 aromatic heterocycles. The van der Waals surface area contributed by atoms with Gasteiger partial charge in [-0.25, -0.2) is 4.79 Å². The van der Waals surface area contributed by atoms with Crippen molar-refractivity contribution in [1.82, 2.24) is 10.6 Å². The van der Waals surface area contributed by atoms with E-state index >= 15 is 0 Å². The monoisotopic (exact) mass is 318 g/mol. The molecule has 1 aromatic carbocycles. The highest BCUT2D eigenvalue weighted by Crippen LogP contribution is 2.29. The summed E-state index contributed by atoms with van der Waals surface area (Å²) in [5.74, 6) is 0. The van der Waals surface area contributed by atoms with E-state index in [1.165, 1.54) is 0 Å². The average Bonchev–Trinajstić information content (AvgIpc) is 2.39. The molecular weight excluding hydrogens is 299 g/mol. The highest BCUT2D eigenvalue weighted by atomic mass is 35.5. The molecule has 0 heterocycles. The molecule has 0 saturated carbocycles. The Kier molecular flexibility index (Phi) is 7.13. The molecule has 2 amide bonds. The van der Waals surface area contributed by atoms with Crippen LogP contribution in [-0.4, -0.2) is 23.8 Å². The number of rotatable bonds is 6. The van der Waals surface area contributed by atoms with Crippen molar-refractivity contribution >= 4 is 29.2 Å². The van der Waals surface area contributed by atoms with Gasteiger partial charge < -0.3 is 15.7 Å². The maximum absolute atomic E-state index is 11.8. The quantitative estimate of drug-likeness (QED) is 0.751. The molecule has 0 aliphatic carbocycles. The third-order valence-electron chi connectivity index (χ3n) is 2.97. The molecule has 1 aromatic rings. The van der Waals surface area contributed by atoms with E-state index in [-0.39, 0.29) is 24.7 Å². The zero-order valence-corrected chi connectivity index (χ0v) is 13.1. The largest absolute Gasteiger partial charge is 0.396 e. The lowest BCUT2D eigenvalue weighted by atomic mass is 10.1. The highest BCUT2D eigenvalue weighted by molar-refractivity contribution is 6.42. The molecule has 0 fully saturated rings. The van der Waals surface area contributed by atoms with Crippen molar-refractivity contribution in [2.75, 3.05) is 6.61 Å². The number of hydrogen-bond acceptors (Lipinski definition) is 2. The first kappa shape index (κ1) is 17.1. The lowest BCUT2D eigenvalue weighted by molar-refractivity contribution is 0.231. The van der Waals surface area contributed by atoms with Crippen molar-refractivity contribution in [3.05, 3.63) is 33.8 Å². The molecule has 0 aliphatic rings. The van der Waals surface area contributed by atoms with Crippen molar-refractivity contribution < 1.29 is 9.90 Å². The van der Waals surface area contributed by atoms with Gasteiger partial charge in [-0.1, -0.05) is 35.3 Å². The topological polar surface area (TPSA) is 61.4 Å². The molecule has 2 atom stereocenters. The number of nitrogens with one attached hydrogen (secondary N) is 2. The Balaban J connectivity index is 2.55. The van der Waals surface area contributed by atoms with Gasteiger partial charge in [0.25, 0.3) is 0 Å². The summed E-state index contributed by atoms with van der Waals surface area (Å²) in [6.45, 7) is 3.87. The Morgan fingerprint density at radius 2 is 2.00 bits per heavy atom. The van der Waals surface area contributed by atoms with E-state index < -0.39 is 0 Å². The fourth-order valence-corrected chi connectivity index (χ4v) is 2.34. The van der Waals surface area contributed by atoms with Crippen LogP contribution in [0.4, 0.5) is 4.79 Å². The van der Waals surface area contributed by atoms with Crippen LogP contribution in [0.5, 0.6) is 0 Å². The fourth-order valence-electron chi connectivity index (χ4n) is 1.86. The molecule has 6 heteroatoms. The standard InChI is InChI=1S/C14H20Cl2N2O2/c1-9(5-4-8-19)17-14(20)18-10(2)11-6-3-7-12(15)13(11)16/h3,6-7,9-10,19H,4-5,8H2,1-2H3,(H2,17,18,20). The van der Waals surface area contributed by atoms with E-state index in [1.807, 2.05) is 19.9 Å². The maximum atomic E-state index is 11.8. The highest BCUT2D eigenvalue weighted by Gasteiger charge is 2.15. The van der Waals surface area contributed by atoms with E-state index in [0.717, 1.165) is 12.0 Å². The molecule has 2 unspecified atom stereocenters. The average molecular weight is 319 g/mol. The minimum absolute atomic E-state index is 0.00387. The Bertz CT molecular complexity index is 455. The minimum atomic E-state index is -0.265. The second kappa shape index (κ2) is 8.35. The van der Waals surface area contributed by atoms with Crippen molar-refractivity contribution in [3.63, 3.8) is 0 Å². The summed E-state index contributed by atoms with van der Waals surface area (Å²) >= 11 is 12.1. The molecule has 3 N–H and O–H groups in total. The summed E-state index contributed by atoms with van der Waals surface area (Å²) in [5, 5.41) is 15.3. The van der Waals surface area contributed by atoms with Crippen LogP contribution in [0.2, 0.25) is 10.0 Å². The SMILES string of the molecule is CC(CCCO)NC(=O)NC(C)c1cccc(Cl)c1Cl. The molecule has 0 bridgehead atoms. The van der Waals surface area contributed by atoms with E-state index in [4.69, 9.17) is 28.3 Å². The second-order valence-corrected chi connectivity index (χ2v) is 5.53. The number of aliphatic hydroxyl groups is 1. The van der Waals surface area contributed by atoms with Crippen LogP contribution in [0.1, 0.15) is 38.3 Å². The van der Waals surface area contributed by atoms with Crippen LogP contribution in [-0.2, 0) is 0 Å². The zero-order chi connectivity index (χ0) is 15.1. The first-order valence-corrected chi connectivity index (χ1v) is 7.33. The number of benzene rings is 1. The summed E-state index contributed by atoms with van der Waals surface area (Å²) in [6.07, 6.45) is 1.40. The number of halogens is 2. The number of urea groups is 1. The van der Waals surface area contributed by atoms with Crippen molar-refractivity contribution in [2.24, 2.45) is 0 Å². The Morgan fingerprint density at radius 1 is 1.30 bits per heavy atom. The van der Waals surface area contributed by atoms with E-state index in [1.54, 1.807) is 12.1 Å². The Morgan fingerprint density at radius 3 is 2.65 bits per heavy atom. The van der Waals surface area contributed by atoms with Gasteiger partial charge >= 0.3 is 6.03 Å². The fraction of sp³-hybridized carbons (Fsp3) is 0.500. The van der Waals surface area contributed by atoms with Crippen LogP contribution in [0.3, 0.4) is 0 Å². The van der Waals surface area contributed by atoms with Gasteiger partial charge in [0.2, 0.25) is 0 Å². The molecule has 0 aliphatic heterocycles. The van der Waals surface area contributed by atoms with Crippen LogP contribution < -0.4 is 10.6 Å². The van der Waals surface area contributed by atoms with Crippen molar-refractivity contribution in [2.45, 2.75) is 38.8 Å². The van der Waals surface area contributed by atoms with Gasteiger partial charge in [-0.3, -0.25) is 0 Å². The number of carbonyl (C=O) groups excluding carboxylic acids is 1. The van der Waals surface area contributed by atoms with Crippen LogP contribution in [0.15, 0.2) is 18.2 Å². The number of amides is 2. The summed E-state index contributed by atoms with van der Waals surface area (Å²) in [5.41, 5.74) is 0.775. The lowest BCUT2D eigenvalue weighted by Gasteiger charge is -2.19. The molecule has 1 rings (SSSR count). The molecule has 0 saturated heterocycles. The summed E-state index contributed by atoms with van der Waals surface area (Å²) in [6, 6.07) is 4.82. The predicted octanol–water partition coefficient (Wildman–Crippen LogP) is 3.51. The van der Waals surface area contributed by atoms with Gasteiger partial charge in [0.15, 0.2) is 0 Å². The van der Waals surface area contributed by atoms with Crippen molar-refractivity contribution in [1.29, 1.82) is 0 Å². The normalized spacial score (nSPS) is 13.7. The summed E-state index contributed by atoms with van der Waals surface area (Å²) < 4.78 is 0. The second-order valence-electron chi connectivity index (χ2n) is 4.75. The molecule has 0 spiro atoms. The smallest absolute Gasteiger partial charge is 0.315 e. The van der Waals surface area contributed by atoms with Gasteiger partial charge in [-0.15, -0.1) is 0 Å². The maximum Gasteiger partial charge on any atom is 0.315 e. The van der Waals surface area contributed by atoms with E-state index in [2.05, 4.69) is 10.6 Å². The van der Waals surface area contributed by atoms with Gasteiger partial charge in [0.05, 0.1) is 16.1 Å².